The van der Waals surface area contributed by atoms with E-state index in [4.69, 9.17) is 22.1 Å². The van der Waals surface area contributed by atoms with Crippen LogP contribution in [0.4, 0.5) is 0 Å². The van der Waals surface area contributed by atoms with E-state index in [1.54, 1.807) is 7.11 Å². The van der Waals surface area contributed by atoms with Crippen LogP contribution in [0.1, 0.15) is 24.8 Å². The van der Waals surface area contributed by atoms with Gasteiger partial charge in [-0.05, 0) is 49.4 Å². The van der Waals surface area contributed by atoms with Gasteiger partial charge in [-0.15, -0.1) is 0 Å². The minimum atomic E-state index is 0.315. The Morgan fingerprint density at radius 3 is 2.62 bits per heavy atom. The van der Waals surface area contributed by atoms with E-state index in [0.717, 1.165) is 17.3 Å². The molecule has 0 radical (unpaired) electrons. The van der Waals surface area contributed by atoms with Crippen molar-refractivity contribution in [3.63, 3.8) is 0 Å². The molecule has 2 nitrogen and oxygen atoms in total. The van der Waals surface area contributed by atoms with Gasteiger partial charge in [0.15, 0.2) is 0 Å². The van der Waals surface area contributed by atoms with E-state index in [1.165, 1.54) is 24.8 Å². The summed E-state index contributed by atoms with van der Waals surface area (Å²) in [6, 6.07) is 5.90. The van der Waals surface area contributed by atoms with Gasteiger partial charge in [-0.1, -0.05) is 11.6 Å². The van der Waals surface area contributed by atoms with Gasteiger partial charge in [-0.2, -0.15) is 0 Å². The largest absolute Gasteiger partial charge is 0.496 e. The zero-order valence-electron chi connectivity index (χ0n) is 9.42. The summed E-state index contributed by atoms with van der Waals surface area (Å²) in [4.78, 5) is 0. The molecule has 1 aromatic rings. The Balaban J connectivity index is 1.94. The first-order valence-corrected chi connectivity index (χ1v) is 6.05. The average Bonchev–Trinajstić information content (AvgIpc) is 2.15. The summed E-state index contributed by atoms with van der Waals surface area (Å²) >= 11 is 6.07. The van der Waals surface area contributed by atoms with Gasteiger partial charge in [0.05, 0.1) is 7.11 Å². The molecule has 1 aromatic carbocycles. The van der Waals surface area contributed by atoms with Crippen molar-refractivity contribution in [3.8, 4) is 5.75 Å². The van der Waals surface area contributed by atoms with Crippen LogP contribution >= 0.6 is 11.6 Å². The first kappa shape index (κ1) is 10.4. The fraction of sp³-hybridized carbons (Fsp3) is 0.538. The maximum Gasteiger partial charge on any atom is 0.122 e. The Labute approximate surface area is 101 Å². The van der Waals surface area contributed by atoms with Crippen LogP contribution in [0.5, 0.6) is 5.75 Å². The molecular weight excluding hydrogens is 222 g/mol. The van der Waals surface area contributed by atoms with Gasteiger partial charge in [-0.25, -0.2) is 0 Å². The van der Waals surface area contributed by atoms with Gasteiger partial charge in [0.2, 0.25) is 0 Å². The molecule has 0 aliphatic heterocycles. The van der Waals surface area contributed by atoms with Crippen LogP contribution in [0.3, 0.4) is 0 Å². The van der Waals surface area contributed by atoms with Gasteiger partial charge in [0, 0.05) is 16.0 Å². The van der Waals surface area contributed by atoms with Gasteiger partial charge in [0.1, 0.15) is 5.75 Å². The van der Waals surface area contributed by atoms with Gasteiger partial charge < -0.3 is 10.5 Å². The quantitative estimate of drug-likeness (QED) is 0.878. The van der Waals surface area contributed by atoms with E-state index in [1.807, 2.05) is 12.1 Å². The Bertz CT molecular complexity index is 424. The molecule has 3 saturated carbocycles. The zero-order chi connectivity index (χ0) is 11.4. The van der Waals surface area contributed by atoms with Crippen LogP contribution in [0.2, 0.25) is 5.02 Å². The third kappa shape index (κ3) is 1.17. The molecule has 0 saturated heterocycles. The van der Waals surface area contributed by atoms with Crippen molar-refractivity contribution < 1.29 is 4.74 Å². The van der Waals surface area contributed by atoms with Gasteiger partial charge in [0.25, 0.3) is 0 Å². The second kappa shape index (κ2) is 3.14. The van der Waals surface area contributed by atoms with Crippen molar-refractivity contribution in [3.05, 3.63) is 28.8 Å². The molecule has 3 fully saturated rings. The summed E-state index contributed by atoms with van der Waals surface area (Å²) < 4.78 is 5.42. The van der Waals surface area contributed by atoms with Crippen LogP contribution in [-0.4, -0.2) is 13.7 Å². The molecule has 0 unspecified atom stereocenters. The van der Waals surface area contributed by atoms with Crippen molar-refractivity contribution in [1.82, 2.24) is 0 Å². The lowest BCUT2D eigenvalue weighted by molar-refractivity contribution is -0.133. The predicted octanol–water partition coefficient (Wildman–Crippen LogP) is 2.73. The topological polar surface area (TPSA) is 35.2 Å². The molecule has 0 atom stereocenters. The number of rotatable bonds is 3. The summed E-state index contributed by atoms with van der Waals surface area (Å²) in [5, 5.41) is 0.794. The highest BCUT2D eigenvalue weighted by Crippen LogP contribution is 2.74. The highest BCUT2D eigenvalue weighted by Gasteiger charge is 2.68. The van der Waals surface area contributed by atoms with Crippen molar-refractivity contribution in [2.45, 2.75) is 24.7 Å². The molecule has 16 heavy (non-hydrogen) atoms. The summed E-state index contributed by atoms with van der Waals surface area (Å²) in [6.45, 7) is 0.817. The second-order valence-electron chi connectivity index (χ2n) is 5.36. The van der Waals surface area contributed by atoms with E-state index in [2.05, 4.69) is 6.07 Å². The molecule has 86 valence electrons. The van der Waals surface area contributed by atoms with Crippen LogP contribution < -0.4 is 10.5 Å². The normalized spacial score (nSPS) is 35.2. The molecule has 3 aliphatic carbocycles. The second-order valence-corrected chi connectivity index (χ2v) is 5.80. The molecule has 2 bridgehead atoms. The molecule has 0 heterocycles. The van der Waals surface area contributed by atoms with Gasteiger partial charge in [-0.3, -0.25) is 0 Å². The zero-order valence-corrected chi connectivity index (χ0v) is 10.2. The molecule has 0 amide bonds. The Hall–Kier alpha value is -0.730. The van der Waals surface area contributed by atoms with Crippen LogP contribution in [0, 0.1) is 5.41 Å². The number of ether oxygens (including phenoxy) is 1. The standard InChI is InChI=1S/C13H16ClNO/c1-16-11-3-2-9(14)4-10(11)13-5-12(6-13,7-13)8-15/h2-4H,5-8,15H2,1H3. The maximum absolute atomic E-state index is 6.07. The smallest absolute Gasteiger partial charge is 0.122 e. The van der Waals surface area contributed by atoms with E-state index in [9.17, 15) is 0 Å². The number of methoxy groups -OCH3 is 1. The molecule has 3 aliphatic rings. The van der Waals surface area contributed by atoms with Crippen molar-refractivity contribution in [2.24, 2.45) is 11.1 Å². The molecule has 0 spiro atoms. The minimum absolute atomic E-state index is 0.315. The number of halogens is 1. The van der Waals surface area contributed by atoms with Crippen LogP contribution in [0.25, 0.3) is 0 Å². The molecule has 0 aromatic heterocycles. The highest BCUT2D eigenvalue weighted by molar-refractivity contribution is 6.30. The first-order chi connectivity index (χ1) is 7.63. The van der Waals surface area contributed by atoms with E-state index in [0.29, 0.717) is 10.8 Å². The van der Waals surface area contributed by atoms with E-state index in [-0.39, 0.29) is 0 Å². The van der Waals surface area contributed by atoms with Crippen molar-refractivity contribution >= 4 is 11.6 Å². The number of nitrogens with two attached hydrogens (primary N) is 1. The Kier molecular flexibility index (Phi) is 2.05. The fourth-order valence-corrected chi connectivity index (χ4v) is 3.77. The van der Waals surface area contributed by atoms with E-state index >= 15 is 0 Å². The first-order valence-electron chi connectivity index (χ1n) is 5.67. The fourth-order valence-electron chi connectivity index (χ4n) is 3.59. The molecular formula is C13H16ClNO. The molecule has 4 rings (SSSR count). The summed E-state index contributed by atoms with van der Waals surface area (Å²) in [6.07, 6.45) is 3.60. The third-order valence-corrected chi connectivity index (χ3v) is 4.54. The third-order valence-electron chi connectivity index (χ3n) is 4.31. The monoisotopic (exact) mass is 237 g/mol. The lowest BCUT2D eigenvalue weighted by atomic mass is 9.33. The predicted molar refractivity (Wildman–Crippen MR) is 65.0 cm³/mol. The SMILES string of the molecule is COc1ccc(Cl)cc1C12CC(CN)(C1)C2. The summed E-state index contributed by atoms with van der Waals surface area (Å²) in [5.74, 6) is 0.967. The lowest BCUT2D eigenvalue weighted by Crippen LogP contribution is -2.67. The Morgan fingerprint density at radius 1 is 1.38 bits per heavy atom. The average molecular weight is 238 g/mol. The van der Waals surface area contributed by atoms with Gasteiger partial charge >= 0.3 is 0 Å². The van der Waals surface area contributed by atoms with E-state index < -0.39 is 0 Å². The van der Waals surface area contributed by atoms with Crippen LogP contribution in [-0.2, 0) is 5.41 Å². The summed E-state index contributed by atoms with van der Waals surface area (Å²) in [5.41, 5.74) is 7.81. The Morgan fingerprint density at radius 2 is 2.06 bits per heavy atom. The van der Waals surface area contributed by atoms with Crippen molar-refractivity contribution in [2.75, 3.05) is 13.7 Å². The molecule has 3 heteroatoms. The number of benzene rings is 1. The minimum Gasteiger partial charge on any atom is -0.496 e. The van der Waals surface area contributed by atoms with Crippen LogP contribution in [0.15, 0.2) is 18.2 Å². The number of hydrogen-bond donors (Lipinski definition) is 1. The molecule has 2 N–H and O–H groups in total. The summed E-state index contributed by atoms with van der Waals surface area (Å²) in [7, 11) is 1.72. The number of hydrogen-bond acceptors (Lipinski definition) is 2. The van der Waals surface area contributed by atoms with Crippen molar-refractivity contribution in [1.29, 1.82) is 0 Å². The maximum atomic E-state index is 6.07. The highest BCUT2D eigenvalue weighted by atomic mass is 35.5. The lowest BCUT2D eigenvalue weighted by Gasteiger charge is -2.71.